The highest BCUT2D eigenvalue weighted by molar-refractivity contribution is 5.95. The number of hydrogen-bond donors (Lipinski definition) is 0. The van der Waals surface area contributed by atoms with E-state index in [0.717, 1.165) is 12.1 Å². The maximum Gasteiger partial charge on any atom is 0.188 e. The van der Waals surface area contributed by atoms with Crippen molar-refractivity contribution in [3.05, 3.63) is 36.2 Å². The van der Waals surface area contributed by atoms with Crippen LogP contribution in [0.2, 0.25) is 0 Å². The number of rotatable bonds is 5. The Hall–Kier alpha value is -1.91. The minimum Gasteiger partial charge on any atom is -0.340 e. The van der Waals surface area contributed by atoms with Crippen molar-refractivity contribution in [3.8, 4) is 0 Å². The first-order chi connectivity index (χ1) is 8.60. The predicted octanol–water partition coefficient (Wildman–Crippen LogP) is 2.01. The molecule has 2 aromatic heterocycles. The summed E-state index contributed by atoms with van der Waals surface area (Å²) in [5.41, 5.74) is 1.29. The molecule has 0 amide bonds. The first-order valence-corrected chi connectivity index (χ1v) is 6.15. The summed E-state index contributed by atoms with van der Waals surface area (Å²) >= 11 is 0. The molecular formula is C13H18N4O. The number of imidazole rings is 1. The van der Waals surface area contributed by atoms with Gasteiger partial charge in [-0.3, -0.25) is 9.48 Å². The van der Waals surface area contributed by atoms with Gasteiger partial charge in [-0.2, -0.15) is 5.10 Å². The number of aryl methyl sites for hydroxylation is 1. The Morgan fingerprint density at radius 3 is 2.89 bits per heavy atom. The normalized spacial score (nSPS) is 12.6. The fourth-order valence-corrected chi connectivity index (χ4v) is 1.72. The molecule has 5 heteroatoms. The quantitative estimate of drug-likeness (QED) is 0.758. The van der Waals surface area contributed by atoms with Crippen LogP contribution in [0.15, 0.2) is 24.8 Å². The van der Waals surface area contributed by atoms with Crippen LogP contribution >= 0.6 is 0 Å². The highest BCUT2D eigenvalue weighted by Gasteiger charge is 2.12. The van der Waals surface area contributed by atoms with Crippen LogP contribution in [0.25, 0.3) is 0 Å². The van der Waals surface area contributed by atoms with Crippen molar-refractivity contribution in [1.82, 2.24) is 19.3 Å². The fourth-order valence-electron chi connectivity index (χ4n) is 1.72. The van der Waals surface area contributed by atoms with E-state index in [1.54, 1.807) is 17.1 Å². The highest BCUT2D eigenvalue weighted by atomic mass is 16.1. The summed E-state index contributed by atoms with van der Waals surface area (Å²) in [6.07, 6.45) is 6.62. The van der Waals surface area contributed by atoms with Gasteiger partial charge in [-0.05, 0) is 19.4 Å². The molecule has 1 atom stereocenters. The van der Waals surface area contributed by atoms with E-state index in [9.17, 15) is 4.79 Å². The van der Waals surface area contributed by atoms with E-state index in [-0.39, 0.29) is 5.78 Å². The molecule has 0 aliphatic heterocycles. The highest BCUT2D eigenvalue weighted by Crippen LogP contribution is 2.10. The van der Waals surface area contributed by atoms with Crippen LogP contribution in [0.5, 0.6) is 0 Å². The molecule has 18 heavy (non-hydrogen) atoms. The zero-order chi connectivity index (χ0) is 13.1. The van der Waals surface area contributed by atoms with Gasteiger partial charge in [-0.15, -0.1) is 0 Å². The maximum absolute atomic E-state index is 12.0. The SMILES string of the molecule is CCC(C)n1ccc(CC(=O)c2cn(C)cn2)n1. The van der Waals surface area contributed by atoms with Crippen LogP contribution in [0.4, 0.5) is 0 Å². The molecule has 0 saturated heterocycles. The third-order valence-electron chi connectivity index (χ3n) is 3.04. The van der Waals surface area contributed by atoms with E-state index < -0.39 is 0 Å². The van der Waals surface area contributed by atoms with Crippen LogP contribution < -0.4 is 0 Å². The number of nitrogens with zero attached hydrogens (tertiary/aromatic N) is 4. The number of carbonyl (C=O) groups excluding carboxylic acids is 1. The second-order valence-corrected chi connectivity index (χ2v) is 4.57. The predicted molar refractivity (Wildman–Crippen MR) is 68.5 cm³/mol. The topological polar surface area (TPSA) is 52.7 Å². The van der Waals surface area contributed by atoms with Crippen molar-refractivity contribution in [2.75, 3.05) is 0 Å². The standard InChI is InChI=1S/C13H18N4O/c1-4-10(2)17-6-5-11(15-17)7-13(18)12-8-16(3)9-14-12/h5-6,8-10H,4,7H2,1-3H3. The van der Waals surface area contributed by atoms with Crippen molar-refractivity contribution >= 4 is 5.78 Å². The molecule has 0 fully saturated rings. The molecular weight excluding hydrogens is 228 g/mol. The summed E-state index contributed by atoms with van der Waals surface area (Å²) in [5, 5.41) is 4.41. The molecule has 0 bridgehead atoms. The van der Waals surface area contributed by atoms with E-state index in [1.807, 2.05) is 24.0 Å². The van der Waals surface area contributed by atoms with Gasteiger partial charge in [0.05, 0.1) is 18.4 Å². The lowest BCUT2D eigenvalue weighted by atomic mass is 10.2. The molecule has 1 unspecified atom stereocenters. The minimum absolute atomic E-state index is 0.00463. The summed E-state index contributed by atoms with van der Waals surface area (Å²) < 4.78 is 3.67. The van der Waals surface area contributed by atoms with Crippen LogP contribution in [0.1, 0.15) is 42.5 Å². The molecule has 2 heterocycles. The molecule has 0 spiro atoms. The number of hydrogen-bond acceptors (Lipinski definition) is 3. The first-order valence-electron chi connectivity index (χ1n) is 6.15. The largest absolute Gasteiger partial charge is 0.340 e. The van der Waals surface area contributed by atoms with Crippen LogP contribution in [-0.2, 0) is 13.5 Å². The molecule has 2 aromatic rings. The summed E-state index contributed by atoms with van der Waals surface area (Å²) in [6.45, 7) is 4.22. The molecule has 0 saturated carbocycles. The third-order valence-corrected chi connectivity index (χ3v) is 3.04. The Bertz CT molecular complexity index is 541. The van der Waals surface area contributed by atoms with Gasteiger partial charge in [0.25, 0.3) is 0 Å². The Kier molecular flexibility index (Phi) is 3.60. The third kappa shape index (κ3) is 2.67. The second-order valence-electron chi connectivity index (χ2n) is 4.57. The molecule has 0 aromatic carbocycles. The monoisotopic (exact) mass is 246 g/mol. The molecule has 5 nitrogen and oxygen atoms in total. The lowest BCUT2D eigenvalue weighted by Crippen LogP contribution is -2.08. The number of Topliss-reactive ketones (excluding diaryl/α,β-unsaturated/α-hetero) is 1. The average molecular weight is 246 g/mol. The van der Waals surface area contributed by atoms with Crippen molar-refractivity contribution in [2.24, 2.45) is 7.05 Å². The Labute approximate surface area is 106 Å². The molecule has 0 aliphatic carbocycles. The Morgan fingerprint density at radius 2 is 2.28 bits per heavy atom. The summed E-state index contributed by atoms with van der Waals surface area (Å²) in [6, 6.07) is 2.26. The van der Waals surface area contributed by atoms with Crippen molar-refractivity contribution in [3.63, 3.8) is 0 Å². The second kappa shape index (κ2) is 5.16. The summed E-state index contributed by atoms with van der Waals surface area (Å²) in [5.74, 6) is 0.00463. The molecule has 0 aliphatic rings. The van der Waals surface area contributed by atoms with E-state index in [4.69, 9.17) is 0 Å². The summed E-state index contributed by atoms with van der Waals surface area (Å²) in [7, 11) is 1.85. The zero-order valence-electron chi connectivity index (χ0n) is 11.0. The maximum atomic E-state index is 12.0. The molecule has 0 radical (unpaired) electrons. The average Bonchev–Trinajstić information content (AvgIpc) is 2.97. The van der Waals surface area contributed by atoms with Gasteiger partial charge < -0.3 is 4.57 Å². The van der Waals surface area contributed by atoms with Crippen molar-refractivity contribution < 1.29 is 4.79 Å². The van der Waals surface area contributed by atoms with E-state index >= 15 is 0 Å². The number of ketones is 1. The van der Waals surface area contributed by atoms with Gasteiger partial charge >= 0.3 is 0 Å². The van der Waals surface area contributed by atoms with Crippen LogP contribution in [0.3, 0.4) is 0 Å². The van der Waals surface area contributed by atoms with Gasteiger partial charge in [-0.25, -0.2) is 4.98 Å². The Morgan fingerprint density at radius 1 is 1.50 bits per heavy atom. The van der Waals surface area contributed by atoms with Crippen LogP contribution in [-0.4, -0.2) is 25.1 Å². The molecule has 96 valence electrons. The van der Waals surface area contributed by atoms with E-state index in [0.29, 0.717) is 18.2 Å². The van der Waals surface area contributed by atoms with E-state index in [2.05, 4.69) is 23.9 Å². The van der Waals surface area contributed by atoms with Gasteiger partial charge in [0, 0.05) is 25.5 Å². The van der Waals surface area contributed by atoms with Crippen LogP contribution in [0, 0.1) is 0 Å². The van der Waals surface area contributed by atoms with Crippen molar-refractivity contribution in [2.45, 2.75) is 32.7 Å². The number of carbonyl (C=O) groups is 1. The van der Waals surface area contributed by atoms with Gasteiger partial charge in [0.2, 0.25) is 0 Å². The van der Waals surface area contributed by atoms with Gasteiger partial charge in [0.1, 0.15) is 5.69 Å². The minimum atomic E-state index is 0.00463. The lowest BCUT2D eigenvalue weighted by molar-refractivity contribution is 0.0987. The molecule has 2 rings (SSSR count). The van der Waals surface area contributed by atoms with Gasteiger partial charge in [-0.1, -0.05) is 6.92 Å². The van der Waals surface area contributed by atoms with Crippen molar-refractivity contribution in [1.29, 1.82) is 0 Å². The smallest absolute Gasteiger partial charge is 0.188 e. The fraction of sp³-hybridized carbons (Fsp3) is 0.462. The first kappa shape index (κ1) is 12.5. The molecule has 0 N–H and O–H groups in total. The summed E-state index contributed by atoms with van der Waals surface area (Å²) in [4.78, 5) is 16.0. The number of aromatic nitrogens is 4. The van der Waals surface area contributed by atoms with Gasteiger partial charge in [0.15, 0.2) is 5.78 Å². The van der Waals surface area contributed by atoms with E-state index in [1.165, 1.54) is 0 Å². The Balaban J connectivity index is 2.05. The zero-order valence-corrected chi connectivity index (χ0v) is 11.0. The lowest BCUT2D eigenvalue weighted by Gasteiger charge is -2.07.